The van der Waals surface area contributed by atoms with Crippen LogP contribution in [0.4, 0.5) is 0 Å². The van der Waals surface area contributed by atoms with Gasteiger partial charge < -0.3 is 13.9 Å². The molecule has 0 N–H and O–H groups in total. The summed E-state index contributed by atoms with van der Waals surface area (Å²) >= 11 is 0. The summed E-state index contributed by atoms with van der Waals surface area (Å²) in [4.78, 5) is 0. The molecule has 0 radical (unpaired) electrons. The number of para-hydroxylation sites is 2. The molecule has 1 saturated heterocycles. The molecule has 0 aliphatic carbocycles. The molecule has 0 unspecified atom stereocenters. The maximum Gasteiger partial charge on any atom is 0.494 e. The highest BCUT2D eigenvalue weighted by molar-refractivity contribution is 6.62. The van der Waals surface area contributed by atoms with Crippen LogP contribution in [-0.4, -0.2) is 23.9 Å². The van der Waals surface area contributed by atoms with Crippen LogP contribution in [0.2, 0.25) is 0 Å². The Morgan fingerprint density at radius 2 is 1.65 bits per heavy atom. The minimum Gasteiger partial charge on any atom is -0.404 e. The molecule has 2 heterocycles. The number of benzene rings is 4. The Morgan fingerprint density at radius 3 is 2.47 bits per heavy atom. The number of nitrogens with zero attached hydrogens (tertiary/aromatic N) is 2. The molecule has 164 valence electrons. The van der Waals surface area contributed by atoms with Crippen LogP contribution in [0.25, 0.3) is 38.6 Å². The van der Waals surface area contributed by atoms with E-state index in [1.54, 1.807) is 0 Å². The third-order valence-corrected chi connectivity index (χ3v) is 6.42. The smallest absolute Gasteiger partial charge is 0.404 e. The van der Waals surface area contributed by atoms with Crippen molar-refractivity contribution in [1.29, 1.82) is 5.26 Å². The predicted octanol–water partition coefficient (Wildman–Crippen LogP) is 5.84. The first-order valence-electron chi connectivity index (χ1n) is 11.5. The van der Waals surface area contributed by atoms with E-state index in [1.165, 1.54) is 0 Å². The Bertz CT molecular complexity index is 1600. The Morgan fingerprint density at radius 1 is 0.853 bits per heavy atom. The Kier molecular flexibility index (Phi) is 4.81. The Hall–Kier alpha value is -3.85. The molecule has 0 spiro atoms. The number of hydrogen-bond acceptors (Lipinski definition) is 3. The van der Waals surface area contributed by atoms with Crippen molar-refractivity contribution in [2.24, 2.45) is 0 Å². The van der Waals surface area contributed by atoms with Gasteiger partial charge in [0.1, 0.15) is 0 Å². The molecule has 1 aliphatic heterocycles. The fourth-order valence-electron chi connectivity index (χ4n) is 4.87. The van der Waals surface area contributed by atoms with E-state index in [-0.39, 0.29) is 12.7 Å². The average molecular weight is 442 g/mol. The van der Waals surface area contributed by atoms with Gasteiger partial charge in [0.2, 0.25) is 0 Å². The number of hydrogen-bond donors (Lipinski definition) is 0. The third kappa shape index (κ3) is 3.40. The molecule has 6 rings (SSSR count). The molecule has 5 heteroatoms. The van der Waals surface area contributed by atoms with Gasteiger partial charge in [-0.15, -0.1) is 0 Å². The summed E-state index contributed by atoms with van der Waals surface area (Å²) in [5, 5.41) is 11.7. The van der Waals surface area contributed by atoms with Gasteiger partial charge in [-0.1, -0.05) is 60.7 Å². The Balaban J connectivity index is 1.55. The summed E-state index contributed by atoms with van der Waals surface area (Å²) in [7, 11) is -0.361. The highest BCUT2D eigenvalue weighted by atomic mass is 16.7. The van der Waals surface area contributed by atoms with Crippen LogP contribution in [0, 0.1) is 11.3 Å². The third-order valence-electron chi connectivity index (χ3n) is 6.42. The minimum atomic E-state index is -0.361. The average Bonchev–Trinajstić information content (AvgIpc) is 3.40. The van der Waals surface area contributed by atoms with Crippen molar-refractivity contribution < 1.29 is 9.31 Å². The van der Waals surface area contributed by atoms with E-state index < -0.39 is 0 Å². The molecule has 0 amide bonds. The second-order valence-electron chi connectivity index (χ2n) is 9.36. The van der Waals surface area contributed by atoms with E-state index in [1.807, 2.05) is 38.1 Å². The van der Waals surface area contributed by atoms with Crippen molar-refractivity contribution in [2.75, 3.05) is 6.61 Å². The molecule has 1 aromatic heterocycles. The van der Waals surface area contributed by atoms with E-state index in [9.17, 15) is 5.26 Å². The number of nitriles is 1. The van der Waals surface area contributed by atoms with Crippen LogP contribution < -0.4 is 5.46 Å². The monoisotopic (exact) mass is 442 g/mol. The Labute approximate surface area is 199 Å². The second kappa shape index (κ2) is 7.88. The normalized spacial score (nSPS) is 15.1. The standard InChI is InChI=1S/C29H23BN2O2/c1-29(2)19-33-30(34-29)22-9-7-8-21(17-22)23-10-3-5-12-26(23)32-27-13-6-4-11-24(27)25-16-20(18-31)14-15-28(25)32/h3-17H,19H2,1-2H3. The second-order valence-corrected chi connectivity index (χ2v) is 9.36. The van der Waals surface area contributed by atoms with Gasteiger partial charge in [-0.25, -0.2) is 0 Å². The van der Waals surface area contributed by atoms with Gasteiger partial charge in [-0.2, -0.15) is 5.26 Å². The van der Waals surface area contributed by atoms with E-state index in [0.717, 1.165) is 44.1 Å². The van der Waals surface area contributed by atoms with E-state index in [4.69, 9.17) is 9.31 Å². The molecule has 0 saturated carbocycles. The quantitative estimate of drug-likeness (QED) is 0.330. The van der Waals surface area contributed by atoms with Crippen molar-refractivity contribution in [3.05, 3.63) is 96.6 Å². The first kappa shape index (κ1) is 20.7. The van der Waals surface area contributed by atoms with Crippen LogP contribution >= 0.6 is 0 Å². The van der Waals surface area contributed by atoms with Crippen molar-refractivity contribution in [1.82, 2.24) is 4.57 Å². The highest BCUT2D eigenvalue weighted by Gasteiger charge is 2.38. The largest absolute Gasteiger partial charge is 0.494 e. The van der Waals surface area contributed by atoms with Crippen LogP contribution in [-0.2, 0) is 9.31 Å². The first-order chi connectivity index (χ1) is 16.5. The van der Waals surface area contributed by atoms with Crippen LogP contribution in [0.3, 0.4) is 0 Å². The lowest BCUT2D eigenvalue weighted by Gasteiger charge is -2.17. The number of rotatable bonds is 3. The van der Waals surface area contributed by atoms with Gasteiger partial charge in [0, 0.05) is 16.3 Å². The highest BCUT2D eigenvalue weighted by Crippen LogP contribution is 2.36. The summed E-state index contributed by atoms with van der Waals surface area (Å²) in [6, 6.07) is 33.4. The molecule has 0 atom stereocenters. The minimum absolute atomic E-state index is 0.288. The summed E-state index contributed by atoms with van der Waals surface area (Å²) < 4.78 is 14.3. The maximum absolute atomic E-state index is 9.46. The van der Waals surface area contributed by atoms with Crippen molar-refractivity contribution >= 4 is 34.4 Å². The molecule has 4 aromatic carbocycles. The fraction of sp³-hybridized carbons (Fsp3) is 0.138. The number of aromatic nitrogens is 1. The van der Waals surface area contributed by atoms with E-state index in [0.29, 0.717) is 12.2 Å². The summed E-state index contributed by atoms with van der Waals surface area (Å²) in [6.07, 6.45) is 0. The summed E-state index contributed by atoms with van der Waals surface area (Å²) in [6.45, 7) is 4.67. The van der Waals surface area contributed by atoms with Gasteiger partial charge in [0.05, 0.1) is 40.6 Å². The van der Waals surface area contributed by atoms with Crippen LogP contribution in [0.15, 0.2) is 91.0 Å². The predicted molar refractivity (Wildman–Crippen MR) is 137 cm³/mol. The molecular weight excluding hydrogens is 419 g/mol. The van der Waals surface area contributed by atoms with Crippen molar-refractivity contribution in [3.8, 4) is 22.9 Å². The SMILES string of the molecule is CC1(C)COB(c2cccc(-c3ccccc3-n3c4ccccc4c4cc(C#N)ccc43)c2)O1. The van der Waals surface area contributed by atoms with Gasteiger partial charge in [-0.05, 0) is 55.2 Å². The first-order valence-corrected chi connectivity index (χ1v) is 11.5. The van der Waals surface area contributed by atoms with Gasteiger partial charge in [-0.3, -0.25) is 0 Å². The topological polar surface area (TPSA) is 47.2 Å². The van der Waals surface area contributed by atoms with Gasteiger partial charge in [0.25, 0.3) is 0 Å². The molecular formula is C29H23BN2O2. The number of fused-ring (bicyclic) bond motifs is 3. The summed E-state index contributed by atoms with van der Waals surface area (Å²) in [5.74, 6) is 0. The van der Waals surface area contributed by atoms with Gasteiger partial charge >= 0.3 is 7.12 Å². The van der Waals surface area contributed by atoms with Crippen molar-refractivity contribution in [3.63, 3.8) is 0 Å². The zero-order valence-electron chi connectivity index (χ0n) is 19.2. The summed E-state index contributed by atoms with van der Waals surface area (Å²) in [5.41, 5.74) is 6.88. The van der Waals surface area contributed by atoms with Crippen LogP contribution in [0.5, 0.6) is 0 Å². The lowest BCUT2D eigenvalue weighted by molar-refractivity contribution is 0.137. The molecule has 4 nitrogen and oxygen atoms in total. The van der Waals surface area contributed by atoms with Gasteiger partial charge in [0.15, 0.2) is 0 Å². The van der Waals surface area contributed by atoms with Crippen LogP contribution in [0.1, 0.15) is 19.4 Å². The lowest BCUT2D eigenvalue weighted by atomic mass is 9.78. The zero-order chi connectivity index (χ0) is 23.3. The molecule has 5 aromatic rings. The maximum atomic E-state index is 9.46. The molecule has 1 aliphatic rings. The molecule has 1 fully saturated rings. The lowest BCUT2D eigenvalue weighted by Crippen LogP contribution is -2.34. The molecule has 0 bridgehead atoms. The van der Waals surface area contributed by atoms with E-state index in [2.05, 4.69) is 77.4 Å². The van der Waals surface area contributed by atoms with E-state index >= 15 is 0 Å². The fourth-order valence-corrected chi connectivity index (χ4v) is 4.87. The zero-order valence-corrected chi connectivity index (χ0v) is 19.2. The van der Waals surface area contributed by atoms with Crippen molar-refractivity contribution in [2.45, 2.75) is 19.4 Å². The molecule has 34 heavy (non-hydrogen) atoms.